The molecule has 0 atom stereocenters. The van der Waals surface area contributed by atoms with Gasteiger partial charge in [-0.2, -0.15) is 0 Å². The summed E-state index contributed by atoms with van der Waals surface area (Å²) in [5.41, 5.74) is 0.160. The highest BCUT2D eigenvalue weighted by Gasteiger charge is 2.30. The van der Waals surface area contributed by atoms with Crippen molar-refractivity contribution in [2.24, 2.45) is 0 Å². The van der Waals surface area contributed by atoms with Crippen molar-refractivity contribution in [2.75, 3.05) is 25.0 Å². The van der Waals surface area contributed by atoms with Crippen molar-refractivity contribution in [3.63, 3.8) is 0 Å². The van der Waals surface area contributed by atoms with Crippen molar-refractivity contribution in [3.8, 4) is 0 Å². The smallest absolute Gasteiger partial charge is 0.341 e. The molecule has 0 aliphatic heterocycles. The molecular weight excluding hydrogens is 570 g/mol. The second-order valence-corrected chi connectivity index (χ2v) is 14.3. The van der Waals surface area contributed by atoms with Gasteiger partial charge in [-0.15, -0.1) is 11.3 Å². The second kappa shape index (κ2) is 23.3. The standard InChI is InChI=1S/C36H65N3O4S/c1-8-11-14-17-20-23-26-37-35(42)38-32-30(34(41)43-36(5,6)7)29(4)31(44-32)33(40)39(27-24-21-18-15-12-9-2)28-25-22-19-16-13-10-3/h8-28H2,1-7H3,(H2,37,38,42). The van der Waals surface area contributed by atoms with Gasteiger partial charge in [0.15, 0.2) is 0 Å². The SMILES string of the molecule is CCCCCCCCNC(=O)Nc1sc(C(=O)N(CCCCCCCC)CCCCCCCC)c(C)c1C(=O)OC(C)(C)C. The predicted octanol–water partition coefficient (Wildman–Crippen LogP) is 10.7. The minimum atomic E-state index is -0.700. The van der Waals surface area contributed by atoms with E-state index in [2.05, 4.69) is 31.4 Å². The van der Waals surface area contributed by atoms with Gasteiger partial charge in [-0.3, -0.25) is 10.1 Å². The van der Waals surface area contributed by atoms with Crippen LogP contribution >= 0.6 is 11.3 Å². The van der Waals surface area contributed by atoms with Crippen LogP contribution in [-0.4, -0.2) is 48.0 Å². The summed E-state index contributed by atoms with van der Waals surface area (Å²) in [4.78, 5) is 42.7. The van der Waals surface area contributed by atoms with Gasteiger partial charge in [-0.25, -0.2) is 9.59 Å². The molecule has 0 fully saturated rings. The monoisotopic (exact) mass is 635 g/mol. The molecule has 2 N–H and O–H groups in total. The number of hydrogen-bond donors (Lipinski definition) is 2. The lowest BCUT2D eigenvalue weighted by molar-refractivity contribution is 0.00705. The van der Waals surface area contributed by atoms with Gasteiger partial charge in [0, 0.05) is 19.6 Å². The zero-order valence-corrected chi connectivity index (χ0v) is 30.2. The number of hydrogen-bond acceptors (Lipinski definition) is 5. The number of unbranched alkanes of at least 4 members (excludes halogenated alkanes) is 15. The Bertz CT molecular complexity index is 938. The largest absolute Gasteiger partial charge is 0.456 e. The number of anilines is 1. The highest BCUT2D eigenvalue weighted by atomic mass is 32.1. The third-order valence-corrected chi connectivity index (χ3v) is 9.03. The molecule has 0 saturated heterocycles. The molecule has 8 heteroatoms. The molecule has 0 saturated carbocycles. The zero-order valence-electron chi connectivity index (χ0n) is 29.3. The number of urea groups is 1. The molecule has 7 nitrogen and oxygen atoms in total. The number of carbonyl (C=O) groups excluding carboxylic acids is 3. The van der Waals surface area contributed by atoms with Crippen molar-refractivity contribution in [2.45, 2.75) is 170 Å². The van der Waals surface area contributed by atoms with Crippen LogP contribution in [0.2, 0.25) is 0 Å². The molecule has 0 radical (unpaired) electrons. The van der Waals surface area contributed by atoms with E-state index in [4.69, 9.17) is 4.74 Å². The Balaban J connectivity index is 3.08. The lowest BCUT2D eigenvalue weighted by atomic mass is 10.1. The summed E-state index contributed by atoms with van der Waals surface area (Å²) < 4.78 is 5.72. The highest BCUT2D eigenvalue weighted by molar-refractivity contribution is 7.18. The van der Waals surface area contributed by atoms with Crippen molar-refractivity contribution >= 4 is 34.2 Å². The maximum Gasteiger partial charge on any atom is 0.341 e. The molecule has 1 heterocycles. The Hall–Kier alpha value is -2.09. The van der Waals surface area contributed by atoms with Crippen LogP contribution in [0.15, 0.2) is 0 Å². The van der Waals surface area contributed by atoms with Gasteiger partial charge < -0.3 is 15.0 Å². The first-order valence-corrected chi connectivity index (χ1v) is 18.6. The maximum atomic E-state index is 14.0. The molecule has 3 amide bonds. The molecule has 0 aromatic carbocycles. The Kier molecular flexibility index (Phi) is 21.1. The van der Waals surface area contributed by atoms with Crippen LogP contribution in [0, 0.1) is 6.92 Å². The molecule has 0 unspecified atom stereocenters. The van der Waals surface area contributed by atoms with Crippen molar-refractivity contribution in [1.82, 2.24) is 10.2 Å². The number of amides is 3. The number of nitrogens with zero attached hydrogens (tertiary/aromatic N) is 1. The van der Waals surface area contributed by atoms with Crippen molar-refractivity contribution < 1.29 is 19.1 Å². The van der Waals surface area contributed by atoms with Gasteiger partial charge in [-0.05, 0) is 52.5 Å². The second-order valence-electron chi connectivity index (χ2n) is 13.2. The van der Waals surface area contributed by atoms with Gasteiger partial charge in [0.05, 0.1) is 10.4 Å². The summed E-state index contributed by atoms with van der Waals surface area (Å²) >= 11 is 1.19. The lowest BCUT2D eigenvalue weighted by Crippen LogP contribution is -2.33. The molecule has 0 bridgehead atoms. The van der Waals surface area contributed by atoms with Gasteiger partial charge in [0.2, 0.25) is 0 Å². The van der Waals surface area contributed by atoms with Crippen LogP contribution in [0.1, 0.15) is 183 Å². The van der Waals surface area contributed by atoms with E-state index in [1.54, 1.807) is 6.92 Å². The fourth-order valence-electron chi connectivity index (χ4n) is 5.26. The van der Waals surface area contributed by atoms with E-state index in [0.29, 0.717) is 35.1 Å². The van der Waals surface area contributed by atoms with Crippen LogP contribution in [-0.2, 0) is 4.74 Å². The molecule has 0 aliphatic carbocycles. The molecule has 1 aromatic heterocycles. The first kappa shape index (κ1) is 39.9. The summed E-state index contributed by atoms with van der Waals surface area (Å²) in [7, 11) is 0. The molecule has 1 rings (SSSR count). The number of ether oxygens (including phenoxy) is 1. The molecule has 1 aromatic rings. The third-order valence-electron chi connectivity index (χ3n) is 7.84. The minimum absolute atomic E-state index is 0.0556. The molecular formula is C36H65N3O4S. The van der Waals surface area contributed by atoms with E-state index in [-0.39, 0.29) is 17.5 Å². The van der Waals surface area contributed by atoms with E-state index < -0.39 is 11.6 Å². The number of nitrogens with one attached hydrogen (secondary N) is 2. The normalized spacial score (nSPS) is 11.4. The van der Waals surface area contributed by atoms with E-state index in [1.807, 2.05) is 25.7 Å². The minimum Gasteiger partial charge on any atom is -0.456 e. The fourth-order valence-corrected chi connectivity index (χ4v) is 6.42. The quantitative estimate of drug-likeness (QED) is 0.0874. The van der Waals surface area contributed by atoms with Crippen LogP contribution in [0.25, 0.3) is 0 Å². The Labute approximate surface area is 273 Å². The van der Waals surface area contributed by atoms with Gasteiger partial charge in [0.1, 0.15) is 10.6 Å². The van der Waals surface area contributed by atoms with Gasteiger partial charge in [-0.1, -0.05) is 117 Å². The van der Waals surface area contributed by atoms with Gasteiger partial charge >= 0.3 is 12.0 Å². The van der Waals surface area contributed by atoms with E-state index >= 15 is 0 Å². The van der Waals surface area contributed by atoms with Gasteiger partial charge in [0.25, 0.3) is 5.91 Å². The first-order valence-electron chi connectivity index (χ1n) is 17.8. The average molecular weight is 636 g/mol. The third kappa shape index (κ3) is 16.8. The first-order chi connectivity index (χ1) is 21.1. The summed E-state index contributed by atoms with van der Waals surface area (Å²) in [6.07, 6.45) is 20.8. The van der Waals surface area contributed by atoms with Crippen molar-refractivity contribution in [3.05, 3.63) is 16.0 Å². The molecule has 254 valence electrons. The van der Waals surface area contributed by atoms with Crippen molar-refractivity contribution in [1.29, 1.82) is 0 Å². The Morgan fingerprint density at radius 1 is 0.705 bits per heavy atom. The van der Waals surface area contributed by atoms with Crippen LogP contribution in [0.3, 0.4) is 0 Å². The predicted molar refractivity (Wildman–Crippen MR) is 187 cm³/mol. The van der Waals surface area contributed by atoms with E-state index in [9.17, 15) is 14.4 Å². The van der Waals surface area contributed by atoms with E-state index in [1.165, 1.54) is 88.4 Å². The van der Waals surface area contributed by atoms with Crippen LogP contribution in [0.5, 0.6) is 0 Å². The number of esters is 1. The molecule has 0 spiro atoms. The summed E-state index contributed by atoms with van der Waals surface area (Å²) in [5, 5.41) is 6.18. The number of thiophene rings is 1. The number of carbonyl (C=O) groups is 3. The maximum absolute atomic E-state index is 14.0. The van der Waals surface area contributed by atoms with Crippen LogP contribution < -0.4 is 10.6 Å². The lowest BCUT2D eigenvalue weighted by Gasteiger charge is -2.23. The summed E-state index contributed by atoms with van der Waals surface area (Å²) in [6.45, 7) is 15.9. The van der Waals surface area contributed by atoms with E-state index in [0.717, 1.165) is 38.5 Å². The highest BCUT2D eigenvalue weighted by Crippen LogP contribution is 2.35. The average Bonchev–Trinajstić information content (AvgIpc) is 3.29. The summed E-state index contributed by atoms with van der Waals surface area (Å²) in [6, 6.07) is -0.361. The fraction of sp³-hybridized carbons (Fsp3) is 0.806. The topological polar surface area (TPSA) is 87.7 Å². The molecule has 44 heavy (non-hydrogen) atoms. The zero-order chi connectivity index (χ0) is 32.8. The number of rotatable bonds is 24. The Morgan fingerprint density at radius 2 is 1.16 bits per heavy atom. The van der Waals surface area contributed by atoms with Crippen LogP contribution in [0.4, 0.5) is 9.80 Å². The molecule has 0 aliphatic rings. The Morgan fingerprint density at radius 3 is 1.64 bits per heavy atom. The summed E-state index contributed by atoms with van der Waals surface area (Å²) in [5.74, 6) is -0.574.